The van der Waals surface area contributed by atoms with E-state index in [0.717, 1.165) is 19.0 Å². The van der Waals surface area contributed by atoms with Crippen LogP contribution in [0.5, 0.6) is 0 Å². The van der Waals surface area contributed by atoms with E-state index in [1.807, 2.05) is 11.3 Å². The van der Waals surface area contributed by atoms with Crippen molar-refractivity contribution in [2.24, 2.45) is 0 Å². The molecular formula is C8H10NS. The van der Waals surface area contributed by atoms with E-state index in [2.05, 4.69) is 22.8 Å². The van der Waals surface area contributed by atoms with Gasteiger partial charge in [-0.15, -0.1) is 11.3 Å². The van der Waals surface area contributed by atoms with Crippen molar-refractivity contribution in [3.8, 4) is 0 Å². The zero-order chi connectivity index (χ0) is 6.81. The molecule has 1 aliphatic heterocycles. The Bertz CT molecular complexity index is 187. The molecule has 1 saturated heterocycles. The quantitative estimate of drug-likeness (QED) is 0.583. The molecular weight excluding hydrogens is 142 g/mol. The highest BCUT2D eigenvalue weighted by Crippen LogP contribution is 2.26. The molecule has 0 saturated carbocycles. The summed E-state index contributed by atoms with van der Waals surface area (Å²) in [6, 6.07) is 4.34. The van der Waals surface area contributed by atoms with Crippen LogP contribution in [0, 0.1) is 0 Å². The van der Waals surface area contributed by atoms with Gasteiger partial charge in [-0.1, -0.05) is 6.07 Å². The zero-order valence-corrected chi connectivity index (χ0v) is 6.60. The van der Waals surface area contributed by atoms with Crippen LogP contribution in [0.2, 0.25) is 0 Å². The predicted molar refractivity (Wildman–Crippen MR) is 43.5 cm³/mol. The highest BCUT2D eigenvalue weighted by Gasteiger charge is 2.17. The van der Waals surface area contributed by atoms with Gasteiger partial charge in [0, 0.05) is 23.9 Å². The molecule has 1 fully saturated rings. The van der Waals surface area contributed by atoms with Crippen LogP contribution in [-0.2, 0) is 0 Å². The van der Waals surface area contributed by atoms with Crippen molar-refractivity contribution in [3.63, 3.8) is 0 Å². The van der Waals surface area contributed by atoms with Crippen molar-refractivity contribution >= 4 is 11.3 Å². The summed E-state index contributed by atoms with van der Waals surface area (Å²) in [5.41, 5.74) is 0. The van der Waals surface area contributed by atoms with E-state index in [4.69, 9.17) is 0 Å². The van der Waals surface area contributed by atoms with Crippen molar-refractivity contribution in [1.29, 1.82) is 0 Å². The molecule has 1 unspecified atom stereocenters. The number of hydrogen-bond acceptors (Lipinski definition) is 1. The molecule has 1 atom stereocenters. The van der Waals surface area contributed by atoms with Crippen molar-refractivity contribution < 1.29 is 0 Å². The summed E-state index contributed by atoms with van der Waals surface area (Å²) in [6.45, 7) is 2.13. The Balaban J connectivity index is 2.12. The van der Waals surface area contributed by atoms with Crippen LogP contribution in [0.15, 0.2) is 17.5 Å². The number of rotatable bonds is 1. The summed E-state index contributed by atoms with van der Waals surface area (Å²) in [4.78, 5) is 1.52. The van der Waals surface area contributed by atoms with E-state index in [-0.39, 0.29) is 0 Å². The molecule has 1 aromatic rings. The van der Waals surface area contributed by atoms with Crippen molar-refractivity contribution in [3.05, 3.63) is 22.4 Å². The molecule has 0 N–H and O–H groups in total. The second-order valence-electron chi connectivity index (χ2n) is 2.63. The van der Waals surface area contributed by atoms with Gasteiger partial charge in [0.2, 0.25) is 0 Å². The maximum absolute atomic E-state index is 4.33. The lowest BCUT2D eigenvalue weighted by molar-refractivity contribution is 0.774. The van der Waals surface area contributed by atoms with Gasteiger partial charge < -0.3 is 0 Å². The first-order valence-electron chi connectivity index (χ1n) is 3.63. The fraction of sp³-hybridized carbons (Fsp3) is 0.500. The van der Waals surface area contributed by atoms with Gasteiger partial charge in [0.05, 0.1) is 0 Å². The minimum absolute atomic E-state index is 0.750. The van der Waals surface area contributed by atoms with Gasteiger partial charge in [-0.25, -0.2) is 5.32 Å². The molecule has 0 aromatic carbocycles. The normalized spacial score (nSPS) is 25.4. The second kappa shape index (κ2) is 2.72. The minimum atomic E-state index is 0.750. The molecule has 1 aromatic heterocycles. The van der Waals surface area contributed by atoms with Crippen LogP contribution in [0.3, 0.4) is 0 Å². The highest BCUT2D eigenvalue weighted by molar-refractivity contribution is 7.10. The molecule has 0 bridgehead atoms. The van der Waals surface area contributed by atoms with E-state index in [1.54, 1.807) is 0 Å². The van der Waals surface area contributed by atoms with Crippen LogP contribution in [0.1, 0.15) is 17.2 Å². The Morgan fingerprint density at radius 3 is 3.20 bits per heavy atom. The van der Waals surface area contributed by atoms with Gasteiger partial charge >= 0.3 is 0 Å². The fourth-order valence-corrected chi connectivity index (χ4v) is 2.20. The monoisotopic (exact) mass is 152 g/mol. The molecule has 2 heteroatoms. The third-order valence-corrected chi connectivity index (χ3v) is 2.97. The first kappa shape index (κ1) is 6.38. The molecule has 1 aliphatic rings. The Labute approximate surface area is 65.1 Å². The largest absolute Gasteiger partial charge is 0.241 e. The van der Waals surface area contributed by atoms with Gasteiger partial charge in [-0.3, -0.25) is 0 Å². The third-order valence-electron chi connectivity index (χ3n) is 1.93. The lowest BCUT2D eigenvalue weighted by atomic mass is 10.1. The third kappa shape index (κ3) is 1.09. The van der Waals surface area contributed by atoms with Gasteiger partial charge in [0.15, 0.2) is 0 Å². The summed E-state index contributed by atoms with van der Waals surface area (Å²) in [6.07, 6.45) is 1.26. The fourth-order valence-electron chi connectivity index (χ4n) is 1.34. The van der Waals surface area contributed by atoms with Crippen molar-refractivity contribution in [2.45, 2.75) is 12.3 Å². The molecule has 0 amide bonds. The van der Waals surface area contributed by atoms with Gasteiger partial charge in [0.25, 0.3) is 0 Å². The summed E-state index contributed by atoms with van der Waals surface area (Å²) in [5.74, 6) is 0.750. The summed E-state index contributed by atoms with van der Waals surface area (Å²) >= 11 is 1.86. The van der Waals surface area contributed by atoms with E-state index in [1.165, 1.54) is 11.3 Å². The molecule has 2 heterocycles. The van der Waals surface area contributed by atoms with Gasteiger partial charge in [0.1, 0.15) is 0 Å². The average Bonchev–Trinajstić information content (AvgIpc) is 2.59. The number of nitrogens with zero attached hydrogens (tertiary/aromatic N) is 1. The molecule has 0 aliphatic carbocycles. The predicted octanol–water partition coefficient (Wildman–Crippen LogP) is 1.84. The zero-order valence-electron chi connectivity index (χ0n) is 5.79. The van der Waals surface area contributed by atoms with E-state index in [0.29, 0.717) is 0 Å². The molecule has 2 rings (SSSR count). The molecule has 53 valence electrons. The highest BCUT2D eigenvalue weighted by atomic mass is 32.1. The van der Waals surface area contributed by atoms with Crippen LogP contribution >= 0.6 is 11.3 Å². The van der Waals surface area contributed by atoms with Gasteiger partial charge in [-0.2, -0.15) is 0 Å². The van der Waals surface area contributed by atoms with Crippen LogP contribution in [0.4, 0.5) is 0 Å². The molecule has 10 heavy (non-hydrogen) atoms. The first-order chi connectivity index (χ1) is 4.97. The smallest absolute Gasteiger partial charge is 0.0210 e. The Kier molecular flexibility index (Phi) is 1.74. The topological polar surface area (TPSA) is 14.1 Å². The number of thiophene rings is 1. The van der Waals surface area contributed by atoms with E-state index in [9.17, 15) is 0 Å². The summed E-state index contributed by atoms with van der Waals surface area (Å²) in [5, 5.41) is 6.47. The number of hydrogen-bond donors (Lipinski definition) is 0. The Morgan fingerprint density at radius 1 is 1.60 bits per heavy atom. The Morgan fingerprint density at radius 2 is 2.60 bits per heavy atom. The molecule has 0 spiro atoms. The Hall–Kier alpha value is -0.340. The van der Waals surface area contributed by atoms with E-state index < -0.39 is 0 Å². The lowest BCUT2D eigenvalue weighted by Crippen LogP contribution is -1.98. The molecule has 1 nitrogen and oxygen atoms in total. The van der Waals surface area contributed by atoms with Crippen molar-refractivity contribution in [1.82, 2.24) is 5.32 Å². The first-order valence-corrected chi connectivity index (χ1v) is 4.51. The van der Waals surface area contributed by atoms with E-state index >= 15 is 0 Å². The standard InChI is InChI=1S/C8H10NS/c1-2-8(10-5-1)7-3-4-9-6-7/h1-2,5,7H,3-4,6H2. The maximum atomic E-state index is 4.33. The lowest BCUT2D eigenvalue weighted by Gasteiger charge is -2.01. The average molecular weight is 152 g/mol. The maximum Gasteiger partial charge on any atom is 0.0210 e. The molecule has 1 radical (unpaired) electrons. The van der Waals surface area contributed by atoms with Gasteiger partial charge in [-0.05, 0) is 17.9 Å². The van der Waals surface area contributed by atoms with Crippen LogP contribution in [-0.4, -0.2) is 13.1 Å². The summed E-state index contributed by atoms with van der Waals surface area (Å²) in [7, 11) is 0. The minimum Gasteiger partial charge on any atom is -0.241 e. The summed E-state index contributed by atoms with van der Waals surface area (Å²) < 4.78 is 0. The van der Waals surface area contributed by atoms with Crippen LogP contribution in [0.25, 0.3) is 0 Å². The SMILES string of the molecule is c1csc(C2CC[N]C2)c1. The second-order valence-corrected chi connectivity index (χ2v) is 3.61. The van der Waals surface area contributed by atoms with Crippen LogP contribution < -0.4 is 5.32 Å². The van der Waals surface area contributed by atoms with Crippen molar-refractivity contribution in [2.75, 3.05) is 13.1 Å².